The zero-order chi connectivity index (χ0) is 14.0. The molecular weight excluding hydrogens is 288 g/mol. The molecule has 0 aromatic carbocycles. The first-order valence-electron chi connectivity index (χ1n) is 5.96. The maximum atomic E-state index is 12.3. The normalized spacial score (nSPS) is 16.9. The summed E-state index contributed by atoms with van der Waals surface area (Å²) >= 11 is 6.17. The second-order valence-electron chi connectivity index (χ2n) is 4.49. The molecule has 1 aromatic rings. The van der Waals surface area contributed by atoms with E-state index >= 15 is 0 Å². The van der Waals surface area contributed by atoms with Gasteiger partial charge in [-0.3, -0.25) is 4.98 Å². The van der Waals surface area contributed by atoms with Crippen LogP contribution in [0.3, 0.4) is 0 Å². The van der Waals surface area contributed by atoms with Gasteiger partial charge in [0, 0.05) is 52.7 Å². The highest BCUT2D eigenvalue weighted by Crippen LogP contribution is 2.33. The van der Waals surface area contributed by atoms with E-state index in [-0.39, 0.29) is 4.90 Å². The molecular formula is C11H17ClN4O2S. The third kappa shape index (κ3) is 2.84. The molecule has 19 heavy (non-hydrogen) atoms. The lowest BCUT2D eigenvalue weighted by atomic mass is 10.3. The van der Waals surface area contributed by atoms with Crippen molar-refractivity contribution >= 4 is 27.3 Å². The van der Waals surface area contributed by atoms with Crippen LogP contribution in [-0.2, 0) is 10.0 Å². The Bertz CT molecular complexity index is 556. The van der Waals surface area contributed by atoms with Gasteiger partial charge in [0.05, 0.1) is 10.7 Å². The second kappa shape index (κ2) is 5.62. The lowest BCUT2D eigenvalue weighted by molar-refractivity contribution is 0.518. The van der Waals surface area contributed by atoms with Crippen molar-refractivity contribution in [1.82, 2.24) is 14.6 Å². The number of hydrogen-bond donors (Lipinski definition) is 1. The van der Waals surface area contributed by atoms with Gasteiger partial charge in [0.15, 0.2) is 0 Å². The molecule has 0 spiro atoms. The van der Waals surface area contributed by atoms with E-state index in [4.69, 9.17) is 11.6 Å². The first kappa shape index (κ1) is 14.5. The molecule has 0 saturated carbocycles. The van der Waals surface area contributed by atoms with Crippen LogP contribution in [0.25, 0.3) is 0 Å². The van der Waals surface area contributed by atoms with E-state index in [1.165, 1.54) is 30.8 Å². The van der Waals surface area contributed by atoms with Crippen molar-refractivity contribution in [3.63, 3.8) is 0 Å². The Morgan fingerprint density at radius 3 is 2.53 bits per heavy atom. The molecule has 0 unspecified atom stereocenters. The van der Waals surface area contributed by atoms with Gasteiger partial charge in [0.1, 0.15) is 4.90 Å². The van der Waals surface area contributed by atoms with Crippen molar-refractivity contribution in [3.8, 4) is 0 Å². The van der Waals surface area contributed by atoms with Crippen LogP contribution in [0.5, 0.6) is 0 Å². The molecule has 1 N–H and O–H groups in total. The molecule has 0 aliphatic carbocycles. The molecule has 6 nitrogen and oxygen atoms in total. The van der Waals surface area contributed by atoms with E-state index in [2.05, 4.69) is 10.3 Å². The van der Waals surface area contributed by atoms with Crippen molar-refractivity contribution in [2.75, 3.05) is 45.2 Å². The number of nitrogens with zero attached hydrogens (tertiary/aromatic N) is 3. The van der Waals surface area contributed by atoms with Crippen LogP contribution < -0.4 is 10.2 Å². The topological polar surface area (TPSA) is 65.5 Å². The van der Waals surface area contributed by atoms with Gasteiger partial charge in [0.2, 0.25) is 10.0 Å². The van der Waals surface area contributed by atoms with E-state index in [0.29, 0.717) is 10.7 Å². The molecule has 0 amide bonds. The fourth-order valence-electron chi connectivity index (χ4n) is 1.99. The quantitative estimate of drug-likeness (QED) is 0.875. The number of rotatable bonds is 3. The predicted octanol–water partition coefficient (Wildman–Crippen LogP) is 0.395. The fraction of sp³-hybridized carbons (Fsp3) is 0.545. The lowest BCUT2D eigenvalue weighted by Gasteiger charge is -2.31. The predicted molar refractivity (Wildman–Crippen MR) is 75.2 cm³/mol. The Hall–Kier alpha value is -0.890. The summed E-state index contributed by atoms with van der Waals surface area (Å²) < 4.78 is 25.8. The number of halogens is 1. The monoisotopic (exact) mass is 304 g/mol. The highest BCUT2D eigenvalue weighted by atomic mass is 35.5. The largest absolute Gasteiger partial charge is 0.367 e. The highest BCUT2D eigenvalue weighted by molar-refractivity contribution is 7.89. The summed E-state index contributed by atoms with van der Waals surface area (Å²) in [5, 5.41) is 3.59. The van der Waals surface area contributed by atoms with Crippen molar-refractivity contribution in [2.45, 2.75) is 4.90 Å². The molecule has 8 heteroatoms. The fourth-order valence-corrected chi connectivity index (χ4v) is 3.40. The summed E-state index contributed by atoms with van der Waals surface area (Å²) in [6, 6.07) is 0. The summed E-state index contributed by atoms with van der Waals surface area (Å²) in [6.07, 6.45) is 2.84. The Morgan fingerprint density at radius 1 is 1.32 bits per heavy atom. The molecule has 0 bridgehead atoms. The first-order valence-corrected chi connectivity index (χ1v) is 7.78. The summed E-state index contributed by atoms with van der Waals surface area (Å²) in [4.78, 5) is 6.05. The first-order chi connectivity index (χ1) is 8.94. The number of anilines is 1. The number of piperazine rings is 1. The van der Waals surface area contributed by atoms with Crippen LogP contribution in [-0.4, -0.2) is 58.0 Å². The van der Waals surface area contributed by atoms with Gasteiger partial charge in [-0.25, -0.2) is 12.7 Å². The molecule has 2 rings (SSSR count). The van der Waals surface area contributed by atoms with Crippen molar-refractivity contribution < 1.29 is 8.42 Å². The van der Waals surface area contributed by atoms with Crippen LogP contribution in [0, 0.1) is 0 Å². The van der Waals surface area contributed by atoms with Crippen molar-refractivity contribution in [2.24, 2.45) is 0 Å². The zero-order valence-electron chi connectivity index (χ0n) is 10.9. The van der Waals surface area contributed by atoms with Crippen LogP contribution in [0.15, 0.2) is 17.3 Å². The van der Waals surface area contributed by atoms with Gasteiger partial charge < -0.3 is 10.2 Å². The standard InChI is InChI=1S/C11H17ClN4O2S/c1-15(2)19(17,18)10-8-14-7-9(12)11(10)16-5-3-13-4-6-16/h7-8,13H,3-6H2,1-2H3. The summed E-state index contributed by atoms with van der Waals surface area (Å²) in [7, 11) is -0.559. The molecule has 1 aromatic heterocycles. The van der Waals surface area contributed by atoms with Gasteiger partial charge in [-0.15, -0.1) is 0 Å². The van der Waals surface area contributed by atoms with E-state index in [1.807, 2.05) is 4.90 Å². The number of hydrogen-bond acceptors (Lipinski definition) is 5. The van der Waals surface area contributed by atoms with Crippen LogP contribution in [0.4, 0.5) is 5.69 Å². The Labute approximate surface area is 118 Å². The maximum Gasteiger partial charge on any atom is 0.246 e. The van der Waals surface area contributed by atoms with Crippen LogP contribution in [0.1, 0.15) is 0 Å². The average molecular weight is 305 g/mol. The zero-order valence-corrected chi connectivity index (χ0v) is 12.5. The van der Waals surface area contributed by atoms with Gasteiger partial charge in [-0.1, -0.05) is 11.6 Å². The molecule has 106 valence electrons. The molecule has 0 atom stereocenters. The van der Waals surface area contributed by atoms with Crippen LogP contribution >= 0.6 is 11.6 Å². The Balaban J connectivity index is 2.53. The van der Waals surface area contributed by atoms with Gasteiger partial charge in [0.25, 0.3) is 0 Å². The Kier molecular flexibility index (Phi) is 4.29. The SMILES string of the molecule is CN(C)S(=O)(=O)c1cncc(Cl)c1N1CCNCC1. The van der Waals surface area contributed by atoms with E-state index < -0.39 is 10.0 Å². The third-order valence-corrected chi connectivity index (χ3v) is 5.12. The maximum absolute atomic E-state index is 12.3. The number of pyridine rings is 1. The average Bonchev–Trinajstić information content (AvgIpc) is 2.39. The highest BCUT2D eigenvalue weighted by Gasteiger charge is 2.27. The summed E-state index contributed by atoms with van der Waals surface area (Å²) in [5.74, 6) is 0. The summed E-state index contributed by atoms with van der Waals surface area (Å²) in [6.45, 7) is 3.06. The molecule has 1 aliphatic heterocycles. The van der Waals surface area contributed by atoms with Crippen LogP contribution in [0.2, 0.25) is 5.02 Å². The molecule has 1 saturated heterocycles. The minimum atomic E-state index is -3.56. The Morgan fingerprint density at radius 2 is 1.95 bits per heavy atom. The van der Waals surface area contributed by atoms with Gasteiger partial charge in [-0.05, 0) is 0 Å². The molecule has 1 aliphatic rings. The smallest absolute Gasteiger partial charge is 0.246 e. The second-order valence-corrected chi connectivity index (χ2v) is 7.02. The molecule has 1 fully saturated rings. The van der Waals surface area contributed by atoms with E-state index in [9.17, 15) is 8.42 Å². The number of nitrogens with one attached hydrogen (secondary N) is 1. The number of sulfonamides is 1. The third-order valence-electron chi connectivity index (χ3n) is 3.03. The van der Waals surface area contributed by atoms with Crippen molar-refractivity contribution in [1.29, 1.82) is 0 Å². The minimum absolute atomic E-state index is 0.159. The summed E-state index contributed by atoms with van der Waals surface area (Å²) in [5.41, 5.74) is 0.548. The lowest BCUT2D eigenvalue weighted by Crippen LogP contribution is -2.44. The molecule has 2 heterocycles. The van der Waals surface area contributed by atoms with Gasteiger partial charge in [-0.2, -0.15) is 0 Å². The van der Waals surface area contributed by atoms with Gasteiger partial charge >= 0.3 is 0 Å². The molecule has 0 radical (unpaired) electrons. The van der Waals surface area contributed by atoms with E-state index in [1.54, 1.807) is 0 Å². The number of aromatic nitrogens is 1. The minimum Gasteiger partial charge on any atom is -0.367 e. The van der Waals surface area contributed by atoms with E-state index in [0.717, 1.165) is 26.2 Å². The van der Waals surface area contributed by atoms with Crippen molar-refractivity contribution in [3.05, 3.63) is 17.4 Å².